The van der Waals surface area contributed by atoms with E-state index >= 15 is 0 Å². The average molecular weight is 321 g/mol. The molecule has 1 fully saturated rings. The van der Waals surface area contributed by atoms with E-state index in [9.17, 15) is 0 Å². The molecule has 2 heterocycles. The summed E-state index contributed by atoms with van der Waals surface area (Å²) in [5.74, 6) is 0.484. The van der Waals surface area contributed by atoms with E-state index in [1.54, 1.807) is 11.3 Å². The summed E-state index contributed by atoms with van der Waals surface area (Å²) in [5.41, 5.74) is 3.88. The lowest BCUT2D eigenvalue weighted by Crippen LogP contribution is -2.37. The van der Waals surface area contributed by atoms with Crippen LogP contribution in [0.15, 0.2) is 29.6 Å². The van der Waals surface area contributed by atoms with Crippen molar-refractivity contribution in [3.8, 4) is 10.6 Å². The van der Waals surface area contributed by atoms with E-state index in [0.29, 0.717) is 11.4 Å². The third kappa shape index (κ3) is 3.15. The Bertz CT molecular complexity index is 621. The molecule has 3 rings (SSSR count). The average Bonchev–Trinajstić information content (AvgIpc) is 3.07. The molecule has 4 heteroatoms. The molecule has 112 valence electrons. The molecule has 0 bridgehead atoms. The van der Waals surface area contributed by atoms with Gasteiger partial charge >= 0.3 is 0 Å². The number of hydrogen-bond donors (Lipinski definition) is 0. The van der Waals surface area contributed by atoms with E-state index in [4.69, 9.17) is 11.6 Å². The van der Waals surface area contributed by atoms with Crippen LogP contribution in [0.3, 0.4) is 0 Å². The van der Waals surface area contributed by atoms with Crippen molar-refractivity contribution in [1.82, 2.24) is 9.88 Å². The summed E-state index contributed by atoms with van der Waals surface area (Å²) >= 11 is 7.56. The molecule has 1 aromatic heterocycles. The topological polar surface area (TPSA) is 16.1 Å². The number of hydrogen-bond acceptors (Lipinski definition) is 3. The van der Waals surface area contributed by atoms with E-state index < -0.39 is 0 Å². The molecule has 0 atom stereocenters. The highest BCUT2D eigenvalue weighted by Crippen LogP contribution is 2.33. The van der Waals surface area contributed by atoms with Gasteiger partial charge < -0.3 is 0 Å². The Hall–Kier alpha value is -0.900. The van der Waals surface area contributed by atoms with Crippen LogP contribution >= 0.6 is 22.9 Å². The quantitative estimate of drug-likeness (QED) is 0.743. The third-order valence-corrected chi connectivity index (χ3v) is 5.57. The summed E-state index contributed by atoms with van der Waals surface area (Å²) in [6.45, 7) is 6.88. The second-order valence-electron chi connectivity index (χ2n) is 6.27. The van der Waals surface area contributed by atoms with Crippen LogP contribution in [0, 0.1) is 0 Å². The van der Waals surface area contributed by atoms with Crippen molar-refractivity contribution in [2.75, 3.05) is 6.54 Å². The van der Waals surface area contributed by atoms with Gasteiger partial charge in [-0.15, -0.1) is 22.9 Å². The van der Waals surface area contributed by atoms with Crippen molar-refractivity contribution in [2.24, 2.45) is 0 Å². The SMILES string of the molecule is CC1(C)CCCN1Cc1ccccc1-c1nc(CCl)cs1. The maximum Gasteiger partial charge on any atom is 0.123 e. The van der Waals surface area contributed by atoms with Gasteiger partial charge in [-0.1, -0.05) is 24.3 Å². The Morgan fingerprint density at radius 2 is 2.14 bits per heavy atom. The molecule has 0 radical (unpaired) electrons. The predicted octanol–water partition coefficient (Wildman–Crippen LogP) is 4.92. The van der Waals surface area contributed by atoms with Crippen molar-refractivity contribution in [1.29, 1.82) is 0 Å². The van der Waals surface area contributed by atoms with E-state index in [0.717, 1.165) is 17.2 Å². The van der Waals surface area contributed by atoms with Crippen molar-refractivity contribution in [3.05, 3.63) is 40.9 Å². The molecule has 0 unspecified atom stereocenters. The van der Waals surface area contributed by atoms with Gasteiger partial charge in [0.15, 0.2) is 0 Å². The molecule has 1 aromatic carbocycles. The molecule has 0 N–H and O–H groups in total. The molecule has 1 saturated heterocycles. The summed E-state index contributed by atoms with van der Waals surface area (Å²) in [4.78, 5) is 7.22. The van der Waals surface area contributed by atoms with E-state index in [2.05, 4.69) is 53.4 Å². The minimum absolute atomic E-state index is 0.303. The number of alkyl halides is 1. The third-order valence-electron chi connectivity index (χ3n) is 4.37. The number of halogens is 1. The highest BCUT2D eigenvalue weighted by molar-refractivity contribution is 7.13. The fraction of sp³-hybridized carbons (Fsp3) is 0.471. The van der Waals surface area contributed by atoms with Gasteiger partial charge in [0.25, 0.3) is 0 Å². The van der Waals surface area contributed by atoms with Gasteiger partial charge in [0, 0.05) is 23.0 Å². The monoisotopic (exact) mass is 320 g/mol. The van der Waals surface area contributed by atoms with Gasteiger partial charge in [0.1, 0.15) is 5.01 Å². The molecule has 2 nitrogen and oxygen atoms in total. The maximum absolute atomic E-state index is 5.88. The summed E-state index contributed by atoms with van der Waals surface area (Å²) in [7, 11) is 0. The summed E-state index contributed by atoms with van der Waals surface area (Å²) in [6, 6.07) is 8.62. The Balaban J connectivity index is 1.89. The number of aromatic nitrogens is 1. The van der Waals surface area contributed by atoms with Crippen LogP contribution in [-0.4, -0.2) is 22.0 Å². The molecule has 2 aromatic rings. The fourth-order valence-corrected chi connectivity index (χ4v) is 4.13. The Morgan fingerprint density at radius 1 is 1.33 bits per heavy atom. The highest BCUT2D eigenvalue weighted by Gasteiger charge is 2.32. The number of thiazole rings is 1. The second-order valence-corrected chi connectivity index (χ2v) is 7.40. The number of likely N-dealkylation sites (tertiary alicyclic amines) is 1. The lowest BCUT2D eigenvalue weighted by molar-refractivity contribution is 0.167. The largest absolute Gasteiger partial charge is 0.294 e. The predicted molar refractivity (Wildman–Crippen MR) is 90.8 cm³/mol. The second kappa shape index (κ2) is 6.07. The molecule has 21 heavy (non-hydrogen) atoms. The minimum Gasteiger partial charge on any atom is -0.294 e. The van der Waals surface area contributed by atoms with Crippen molar-refractivity contribution in [3.63, 3.8) is 0 Å². The van der Waals surface area contributed by atoms with Gasteiger partial charge in [-0.05, 0) is 38.8 Å². The normalized spacial score (nSPS) is 18.2. The zero-order valence-electron chi connectivity index (χ0n) is 12.6. The first kappa shape index (κ1) is 15.0. The van der Waals surface area contributed by atoms with Gasteiger partial charge in [-0.2, -0.15) is 0 Å². The summed E-state index contributed by atoms with van der Waals surface area (Å²) in [5, 5.41) is 3.14. The highest BCUT2D eigenvalue weighted by atomic mass is 35.5. The number of rotatable bonds is 4. The Kier molecular flexibility index (Phi) is 4.34. The molecule has 0 spiro atoms. The van der Waals surface area contributed by atoms with Gasteiger partial charge in [0.05, 0.1) is 11.6 Å². The molecule has 1 aliphatic rings. The molecule has 0 saturated carbocycles. The first-order valence-corrected chi connectivity index (χ1v) is 8.85. The summed E-state index contributed by atoms with van der Waals surface area (Å²) < 4.78 is 0. The van der Waals surface area contributed by atoms with Crippen molar-refractivity contribution < 1.29 is 0 Å². The molecule has 0 aliphatic carbocycles. The van der Waals surface area contributed by atoms with E-state index in [1.807, 2.05) is 0 Å². The van der Waals surface area contributed by atoms with Crippen molar-refractivity contribution >= 4 is 22.9 Å². The lowest BCUT2D eigenvalue weighted by atomic mass is 10.0. The number of nitrogens with zero attached hydrogens (tertiary/aromatic N) is 2. The van der Waals surface area contributed by atoms with Crippen LogP contribution < -0.4 is 0 Å². The first-order chi connectivity index (χ1) is 10.1. The van der Waals surface area contributed by atoms with Crippen LogP contribution in [0.25, 0.3) is 10.6 Å². The zero-order valence-corrected chi connectivity index (χ0v) is 14.2. The lowest BCUT2D eigenvalue weighted by Gasteiger charge is -2.32. The van der Waals surface area contributed by atoms with Crippen molar-refractivity contribution in [2.45, 2.75) is 44.7 Å². The van der Waals surface area contributed by atoms with Crippen LogP contribution in [0.1, 0.15) is 37.9 Å². The number of benzene rings is 1. The first-order valence-electron chi connectivity index (χ1n) is 7.44. The molecular weight excluding hydrogens is 300 g/mol. The molecular formula is C17H21ClN2S. The Labute approximate surface area is 135 Å². The standard InChI is InChI=1S/C17H21ClN2S/c1-17(2)8-5-9-20(17)11-13-6-3-4-7-15(13)16-19-14(10-18)12-21-16/h3-4,6-7,12H,5,8-11H2,1-2H3. The maximum atomic E-state index is 5.88. The van der Waals surface area contributed by atoms with Gasteiger partial charge in [0.2, 0.25) is 0 Å². The smallest absolute Gasteiger partial charge is 0.123 e. The molecule has 0 amide bonds. The van der Waals surface area contributed by atoms with Crippen LogP contribution in [-0.2, 0) is 12.4 Å². The zero-order chi connectivity index (χ0) is 14.9. The van der Waals surface area contributed by atoms with E-state index in [-0.39, 0.29) is 0 Å². The minimum atomic E-state index is 0.303. The van der Waals surface area contributed by atoms with Gasteiger partial charge in [-0.3, -0.25) is 4.90 Å². The fourth-order valence-electron chi connectivity index (χ4n) is 3.02. The van der Waals surface area contributed by atoms with E-state index in [1.165, 1.54) is 30.5 Å². The van der Waals surface area contributed by atoms with Crippen LogP contribution in [0.2, 0.25) is 0 Å². The van der Waals surface area contributed by atoms with Gasteiger partial charge in [-0.25, -0.2) is 4.98 Å². The van der Waals surface area contributed by atoms with Crippen LogP contribution in [0.4, 0.5) is 0 Å². The van der Waals surface area contributed by atoms with Crippen LogP contribution in [0.5, 0.6) is 0 Å². The Morgan fingerprint density at radius 3 is 2.81 bits per heavy atom. The summed E-state index contributed by atoms with van der Waals surface area (Å²) in [6.07, 6.45) is 2.58. The molecule has 1 aliphatic heterocycles.